The third-order valence-corrected chi connectivity index (χ3v) is 3.26. The Labute approximate surface area is 125 Å². The van der Waals surface area contributed by atoms with Crippen molar-refractivity contribution in [3.63, 3.8) is 0 Å². The van der Waals surface area contributed by atoms with Gasteiger partial charge < -0.3 is 15.5 Å². The van der Waals surface area contributed by atoms with Crippen LogP contribution in [0.2, 0.25) is 0 Å². The Hall–Kier alpha value is -2.01. The molecular formula is C16H23N3O2. The van der Waals surface area contributed by atoms with Crippen LogP contribution in [0.15, 0.2) is 36.1 Å². The van der Waals surface area contributed by atoms with Gasteiger partial charge in [-0.2, -0.15) is 0 Å². The lowest BCUT2D eigenvalue weighted by Gasteiger charge is -2.17. The van der Waals surface area contributed by atoms with Crippen LogP contribution in [0.25, 0.3) is 0 Å². The van der Waals surface area contributed by atoms with Crippen molar-refractivity contribution >= 4 is 11.7 Å². The van der Waals surface area contributed by atoms with E-state index in [1.807, 2.05) is 30.3 Å². The Bertz CT molecular complexity index is 529. The van der Waals surface area contributed by atoms with E-state index in [0.29, 0.717) is 0 Å². The first-order chi connectivity index (χ1) is 9.88. The maximum atomic E-state index is 11.9. The van der Waals surface area contributed by atoms with Gasteiger partial charge in [-0.25, -0.2) is 4.79 Å². The monoisotopic (exact) mass is 289 g/mol. The number of urea groups is 1. The second-order valence-corrected chi connectivity index (χ2v) is 6.13. The van der Waals surface area contributed by atoms with E-state index in [1.165, 1.54) is 5.56 Å². The molecule has 3 N–H and O–H groups in total. The van der Waals surface area contributed by atoms with E-state index < -0.39 is 0 Å². The molecular weight excluding hydrogens is 266 g/mol. The number of amides is 2. The molecule has 1 atom stereocenters. The molecule has 5 heteroatoms. The van der Waals surface area contributed by atoms with E-state index in [1.54, 1.807) is 0 Å². The first kappa shape index (κ1) is 15.4. The molecule has 2 rings (SSSR count). The van der Waals surface area contributed by atoms with E-state index in [0.717, 1.165) is 17.9 Å². The highest BCUT2D eigenvalue weighted by Gasteiger charge is 2.27. The van der Waals surface area contributed by atoms with Crippen molar-refractivity contribution < 1.29 is 9.63 Å². The second-order valence-electron chi connectivity index (χ2n) is 6.13. The van der Waals surface area contributed by atoms with Crippen molar-refractivity contribution in [2.75, 3.05) is 5.32 Å². The number of benzene rings is 1. The van der Waals surface area contributed by atoms with Crippen molar-refractivity contribution in [2.45, 2.75) is 40.3 Å². The molecule has 0 bridgehead atoms. The third kappa shape index (κ3) is 4.23. The van der Waals surface area contributed by atoms with Crippen LogP contribution >= 0.6 is 0 Å². The van der Waals surface area contributed by atoms with Crippen molar-refractivity contribution in [2.24, 2.45) is 5.41 Å². The molecule has 1 heterocycles. The largest absolute Gasteiger partial charge is 0.410 e. The summed E-state index contributed by atoms with van der Waals surface area (Å²) >= 11 is 0. The number of nitrogens with one attached hydrogen (secondary N) is 3. The summed E-state index contributed by atoms with van der Waals surface area (Å²) in [5, 5.41) is 5.59. The van der Waals surface area contributed by atoms with E-state index in [9.17, 15) is 4.79 Å². The van der Waals surface area contributed by atoms with Crippen molar-refractivity contribution in [1.82, 2.24) is 10.8 Å². The fraction of sp³-hybridized carbons (Fsp3) is 0.438. The van der Waals surface area contributed by atoms with Crippen LogP contribution in [0.1, 0.15) is 33.3 Å². The maximum Gasteiger partial charge on any atom is 0.320 e. The molecule has 0 saturated heterocycles. The lowest BCUT2D eigenvalue weighted by molar-refractivity contribution is 0.0755. The summed E-state index contributed by atoms with van der Waals surface area (Å²) in [4.78, 5) is 17.3. The Morgan fingerprint density at radius 2 is 1.95 bits per heavy atom. The number of hydrogen-bond donors (Lipinski definition) is 3. The molecule has 1 aromatic carbocycles. The molecule has 0 fully saturated rings. The summed E-state index contributed by atoms with van der Waals surface area (Å²) in [6.45, 7) is 8.26. The fourth-order valence-corrected chi connectivity index (χ4v) is 1.95. The van der Waals surface area contributed by atoms with Crippen molar-refractivity contribution in [3.8, 4) is 0 Å². The van der Waals surface area contributed by atoms with Crippen LogP contribution < -0.4 is 16.1 Å². The molecule has 0 radical (unpaired) electrons. The lowest BCUT2D eigenvalue weighted by atomic mass is 9.94. The van der Waals surface area contributed by atoms with Gasteiger partial charge in [0.1, 0.15) is 11.9 Å². The molecule has 5 nitrogen and oxygen atoms in total. The van der Waals surface area contributed by atoms with E-state index >= 15 is 0 Å². The normalized spacial score (nSPS) is 17.9. The van der Waals surface area contributed by atoms with E-state index in [4.69, 9.17) is 4.84 Å². The summed E-state index contributed by atoms with van der Waals surface area (Å²) in [5.41, 5.74) is 4.70. The van der Waals surface area contributed by atoms with Crippen LogP contribution in [0.4, 0.5) is 10.5 Å². The first-order valence-electron chi connectivity index (χ1n) is 7.19. The number of rotatable bonds is 3. The zero-order chi connectivity index (χ0) is 15.5. The molecule has 1 unspecified atom stereocenters. The first-order valence-corrected chi connectivity index (χ1v) is 7.19. The number of hydrogen-bond acceptors (Lipinski definition) is 3. The standard InChI is InChI=1S/C16H23N3O2/c1-5-11-6-8-12(9-7-11)17-15(20)18-14-10-13(21-19-14)16(2,3)4/h6-10,14,19H,5H2,1-4H3,(H2,17,18,20). The minimum absolute atomic E-state index is 0.0874. The van der Waals surface area contributed by atoms with Gasteiger partial charge in [-0.1, -0.05) is 39.8 Å². The highest BCUT2D eigenvalue weighted by Crippen LogP contribution is 2.28. The summed E-state index contributed by atoms with van der Waals surface area (Å²) in [6, 6.07) is 7.53. The molecule has 1 aliphatic heterocycles. The smallest absolute Gasteiger partial charge is 0.320 e. The molecule has 2 amide bonds. The molecule has 114 valence electrons. The Kier molecular flexibility index (Phi) is 4.53. The number of allylic oxidation sites excluding steroid dienone is 1. The summed E-state index contributed by atoms with van der Waals surface area (Å²) in [6.07, 6.45) is 2.53. The zero-order valence-electron chi connectivity index (χ0n) is 13.0. The zero-order valence-corrected chi connectivity index (χ0v) is 13.0. The molecule has 21 heavy (non-hydrogen) atoms. The average molecular weight is 289 g/mol. The van der Waals surface area contributed by atoms with Gasteiger partial charge in [-0.3, -0.25) is 0 Å². The van der Waals surface area contributed by atoms with E-state index in [-0.39, 0.29) is 17.6 Å². The molecule has 0 saturated carbocycles. The molecule has 1 aliphatic rings. The van der Waals surface area contributed by atoms with Crippen LogP contribution in [-0.2, 0) is 11.3 Å². The van der Waals surface area contributed by atoms with Crippen LogP contribution in [0.5, 0.6) is 0 Å². The number of carbonyl (C=O) groups is 1. The Balaban J connectivity index is 1.89. The molecule has 1 aromatic rings. The van der Waals surface area contributed by atoms with Crippen molar-refractivity contribution in [3.05, 3.63) is 41.7 Å². The van der Waals surface area contributed by atoms with Gasteiger partial charge >= 0.3 is 6.03 Å². The third-order valence-electron chi connectivity index (χ3n) is 3.26. The van der Waals surface area contributed by atoms with Crippen LogP contribution in [0, 0.1) is 5.41 Å². The average Bonchev–Trinajstić information content (AvgIpc) is 2.88. The van der Waals surface area contributed by atoms with Crippen molar-refractivity contribution in [1.29, 1.82) is 0 Å². The summed E-state index contributed by atoms with van der Waals surface area (Å²) in [5.74, 6) is 0.820. The summed E-state index contributed by atoms with van der Waals surface area (Å²) in [7, 11) is 0. The van der Waals surface area contributed by atoms with Gasteiger partial charge in [0.2, 0.25) is 0 Å². The Morgan fingerprint density at radius 1 is 1.29 bits per heavy atom. The SMILES string of the molecule is CCc1ccc(NC(=O)NC2C=C(C(C)(C)C)ON2)cc1. The minimum Gasteiger partial charge on any atom is -0.410 e. The predicted octanol–water partition coefficient (Wildman–Crippen LogP) is 3.16. The molecule has 0 aliphatic carbocycles. The summed E-state index contributed by atoms with van der Waals surface area (Å²) < 4.78 is 0. The van der Waals surface area contributed by atoms with Crippen LogP contribution in [-0.4, -0.2) is 12.2 Å². The quantitative estimate of drug-likeness (QED) is 0.801. The fourth-order valence-electron chi connectivity index (χ4n) is 1.95. The van der Waals surface area contributed by atoms with Gasteiger partial charge in [0, 0.05) is 11.1 Å². The van der Waals surface area contributed by atoms with Gasteiger partial charge in [-0.15, -0.1) is 5.48 Å². The van der Waals surface area contributed by atoms with Gasteiger partial charge in [0.15, 0.2) is 0 Å². The number of anilines is 1. The van der Waals surface area contributed by atoms with Gasteiger partial charge in [0.05, 0.1) is 0 Å². The van der Waals surface area contributed by atoms with E-state index in [2.05, 4.69) is 43.8 Å². The highest BCUT2D eigenvalue weighted by molar-refractivity contribution is 5.89. The minimum atomic E-state index is -0.325. The number of hydroxylamine groups is 1. The highest BCUT2D eigenvalue weighted by atomic mass is 16.7. The molecule has 0 spiro atoms. The topological polar surface area (TPSA) is 62.4 Å². The second kappa shape index (κ2) is 6.18. The Morgan fingerprint density at radius 3 is 2.48 bits per heavy atom. The lowest BCUT2D eigenvalue weighted by Crippen LogP contribution is -2.43. The van der Waals surface area contributed by atoms with Gasteiger partial charge in [0.25, 0.3) is 0 Å². The van der Waals surface area contributed by atoms with Gasteiger partial charge in [-0.05, 0) is 30.2 Å². The number of carbonyl (C=O) groups excluding carboxylic acids is 1. The predicted molar refractivity (Wildman–Crippen MR) is 83.5 cm³/mol. The number of aryl methyl sites for hydroxylation is 1. The van der Waals surface area contributed by atoms with Crippen LogP contribution in [0.3, 0.4) is 0 Å². The molecule has 0 aromatic heterocycles. The maximum absolute atomic E-state index is 11.9.